The van der Waals surface area contributed by atoms with E-state index in [0.29, 0.717) is 18.1 Å². The molecule has 0 N–H and O–H groups in total. The molecule has 7 nitrogen and oxygen atoms in total. The number of nitrogens with zero attached hydrogens (tertiary/aromatic N) is 3. The molecule has 3 aliphatic heterocycles. The molecule has 0 amide bonds. The molecule has 0 aliphatic carbocycles. The van der Waals surface area contributed by atoms with Gasteiger partial charge in [-0.15, -0.1) is 0 Å². The number of hydrogen-bond donors (Lipinski definition) is 0. The molecule has 0 radical (unpaired) electrons. The Morgan fingerprint density at radius 3 is 2.10 bits per heavy atom. The lowest BCUT2D eigenvalue weighted by molar-refractivity contribution is 0.00982. The minimum Gasteiger partial charge on any atom is -0.493 e. The van der Waals surface area contributed by atoms with Gasteiger partial charge in [0.2, 0.25) is 0 Å². The Balaban J connectivity index is 1.03. The van der Waals surface area contributed by atoms with Crippen molar-refractivity contribution in [3.8, 4) is 17.2 Å². The van der Waals surface area contributed by atoms with Crippen LogP contribution in [-0.4, -0.2) is 87.9 Å². The van der Waals surface area contributed by atoms with Gasteiger partial charge in [-0.3, -0.25) is 4.90 Å². The second-order valence-electron chi connectivity index (χ2n) is 10.2. The summed E-state index contributed by atoms with van der Waals surface area (Å²) < 4.78 is 17.1. The molecule has 0 bridgehead atoms. The van der Waals surface area contributed by atoms with Gasteiger partial charge in [-0.05, 0) is 30.8 Å². The molecular formula is C31H36N3O4P. The van der Waals surface area contributed by atoms with E-state index in [1.807, 2.05) is 12.1 Å². The summed E-state index contributed by atoms with van der Waals surface area (Å²) in [6.45, 7) is 6.78. The van der Waals surface area contributed by atoms with Gasteiger partial charge >= 0.3 is 0 Å². The van der Waals surface area contributed by atoms with Gasteiger partial charge < -0.3 is 23.9 Å². The summed E-state index contributed by atoms with van der Waals surface area (Å²) in [4.78, 5) is 11.1. The fraction of sp³-hybridized carbons (Fsp3) is 0.387. The molecule has 0 aromatic heterocycles. The van der Waals surface area contributed by atoms with Gasteiger partial charge in [0.15, 0.2) is 17.6 Å². The van der Waals surface area contributed by atoms with Crippen molar-refractivity contribution >= 4 is 24.2 Å². The predicted octanol–water partition coefficient (Wildman–Crippen LogP) is 3.57. The number of methoxy groups -OCH3 is 2. The fourth-order valence-electron chi connectivity index (χ4n) is 5.71. The zero-order valence-corrected chi connectivity index (χ0v) is 23.6. The summed E-state index contributed by atoms with van der Waals surface area (Å²) in [6, 6.07) is 25.8. The molecule has 0 spiro atoms. The molecule has 6 rings (SSSR count). The molecule has 2 atom stereocenters. The van der Waals surface area contributed by atoms with Crippen molar-refractivity contribution in [1.82, 2.24) is 9.80 Å². The quantitative estimate of drug-likeness (QED) is 0.384. The molecule has 3 aromatic carbocycles. The third kappa shape index (κ3) is 5.62. The topological polar surface area (TPSA) is 55.8 Å². The van der Waals surface area contributed by atoms with Crippen molar-refractivity contribution in [2.24, 2.45) is 11.1 Å². The van der Waals surface area contributed by atoms with Crippen LogP contribution in [0.3, 0.4) is 0 Å². The van der Waals surface area contributed by atoms with E-state index in [4.69, 9.17) is 19.0 Å². The Hall–Kier alpha value is -3.12. The first-order valence-corrected chi connectivity index (χ1v) is 15.2. The zero-order chi connectivity index (χ0) is 26.6. The lowest BCUT2D eigenvalue weighted by atomic mass is 9.90. The van der Waals surface area contributed by atoms with E-state index in [0.717, 1.165) is 56.3 Å². The average molecular weight is 546 g/mol. The van der Waals surface area contributed by atoms with Gasteiger partial charge in [0.05, 0.1) is 20.1 Å². The van der Waals surface area contributed by atoms with Gasteiger partial charge in [-0.1, -0.05) is 65.8 Å². The van der Waals surface area contributed by atoms with Crippen molar-refractivity contribution in [3.63, 3.8) is 0 Å². The molecule has 39 heavy (non-hydrogen) atoms. The van der Waals surface area contributed by atoms with Gasteiger partial charge in [0.25, 0.3) is 0 Å². The highest BCUT2D eigenvalue weighted by Crippen LogP contribution is 2.41. The van der Waals surface area contributed by atoms with E-state index in [-0.39, 0.29) is 19.9 Å². The van der Waals surface area contributed by atoms with Crippen LogP contribution in [-0.2, 0) is 4.84 Å². The highest BCUT2D eigenvalue weighted by molar-refractivity contribution is 7.73. The van der Waals surface area contributed by atoms with Gasteiger partial charge in [0.1, 0.15) is 18.1 Å². The minimum atomic E-state index is -0.356. The molecule has 0 saturated carbocycles. The Kier molecular flexibility index (Phi) is 8.00. The fourth-order valence-corrected chi connectivity index (χ4v) is 8.07. The van der Waals surface area contributed by atoms with Crippen molar-refractivity contribution in [2.45, 2.75) is 6.10 Å². The zero-order valence-electron chi connectivity index (χ0n) is 22.7. The van der Waals surface area contributed by atoms with E-state index in [2.05, 4.69) is 75.6 Å². The van der Waals surface area contributed by atoms with E-state index >= 15 is 0 Å². The van der Waals surface area contributed by atoms with Crippen molar-refractivity contribution in [2.75, 3.05) is 66.3 Å². The Morgan fingerprint density at radius 1 is 0.846 bits per heavy atom. The molecular weight excluding hydrogens is 509 g/mol. The number of benzene rings is 3. The molecule has 2 unspecified atom stereocenters. The van der Waals surface area contributed by atoms with Crippen molar-refractivity contribution in [1.29, 1.82) is 0 Å². The highest BCUT2D eigenvalue weighted by Gasteiger charge is 2.41. The molecule has 204 valence electrons. The predicted molar refractivity (Wildman–Crippen MR) is 157 cm³/mol. The average Bonchev–Trinajstić information content (AvgIpc) is 3.41. The first-order chi connectivity index (χ1) is 19.2. The van der Waals surface area contributed by atoms with Crippen molar-refractivity contribution < 1.29 is 19.0 Å². The van der Waals surface area contributed by atoms with Crippen molar-refractivity contribution in [3.05, 3.63) is 78.4 Å². The van der Waals surface area contributed by atoms with Crippen LogP contribution in [0.1, 0.15) is 5.56 Å². The van der Waals surface area contributed by atoms with Crippen LogP contribution in [0.15, 0.2) is 78.0 Å². The van der Waals surface area contributed by atoms with E-state index in [9.17, 15) is 0 Å². The largest absolute Gasteiger partial charge is 0.493 e. The second kappa shape index (κ2) is 12.0. The molecule has 1 saturated heterocycles. The Morgan fingerprint density at radius 2 is 1.46 bits per heavy atom. The number of rotatable bonds is 9. The highest BCUT2D eigenvalue weighted by atomic mass is 31.1. The maximum atomic E-state index is 6.12. The van der Waals surface area contributed by atoms with Gasteiger partial charge in [0, 0.05) is 50.9 Å². The first kappa shape index (κ1) is 26.1. The van der Waals surface area contributed by atoms with Crippen LogP contribution in [0.25, 0.3) is 0 Å². The smallest absolute Gasteiger partial charge is 0.164 e. The summed E-state index contributed by atoms with van der Waals surface area (Å²) in [5, 5.41) is 7.42. The van der Waals surface area contributed by atoms with E-state index in [1.165, 1.54) is 16.8 Å². The van der Waals surface area contributed by atoms with Gasteiger partial charge in [-0.2, -0.15) is 0 Å². The minimum absolute atomic E-state index is 0.00297. The summed E-state index contributed by atoms with van der Waals surface area (Å²) in [6.07, 6.45) is 1.18. The third-order valence-corrected chi connectivity index (χ3v) is 10.4. The van der Waals surface area contributed by atoms with E-state index in [1.54, 1.807) is 14.2 Å². The Bertz CT molecular complexity index is 1240. The number of piperazine rings is 1. The Labute approximate surface area is 232 Å². The SMILES string of the molecule is COc1cc2c(cc1OC)C1=NOC(CN3CCN(CCP(c4ccccc4)c4ccccc4)CC3)C1CO2. The maximum absolute atomic E-state index is 6.12. The first-order valence-electron chi connectivity index (χ1n) is 13.7. The van der Waals surface area contributed by atoms with Crippen LogP contribution >= 0.6 is 7.92 Å². The summed E-state index contributed by atoms with van der Waals surface area (Å²) in [5.41, 5.74) is 1.89. The summed E-state index contributed by atoms with van der Waals surface area (Å²) >= 11 is 0. The molecule has 1 fully saturated rings. The second-order valence-corrected chi connectivity index (χ2v) is 12.5. The maximum Gasteiger partial charge on any atom is 0.164 e. The lowest BCUT2D eigenvalue weighted by Crippen LogP contribution is -2.50. The number of ether oxygens (including phenoxy) is 3. The van der Waals surface area contributed by atoms with Crippen LogP contribution in [0.4, 0.5) is 0 Å². The standard InChI is InChI=1S/C31H36N3O4P/c1-35-28-19-25-27(20-29(28)36-2)37-22-26-30(38-32-31(25)26)21-34-15-13-33(14-16-34)17-18-39(23-9-5-3-6-10-23)24-11-7-4-8-12-24/h3-12,19-20,26,30H,13-18,21-22H2,1-2H3. The number of fused-ring (bicyclic) bond motifs is 3. The lowest BCUT2D eigenvalue weighted by Gasteiger charge is -2.37. The molecule has 3 aromatic rings. The van der Waals surface area contributed by atoms with Crippen LogP contribution < -0.4 is 24.8 Å². The third-order valence-electron chi connectivity index (χ3n) is 7.95. The van der Waals surface area contributed by atoms with E-state index < -0.39 is 0 Å². The number of oxime groups is 1. The summed E-state index contributed by atoms with van der Waals surface area (Å²) in [7, 11) is 2.92. The van der Waals surface area contributed by atoms with Crippen LogP contribution in [0.2, 0.25) is 0 Å². The van der Waals surface area contributed by atoms with Crippen LogP contribution in [0, 0.1) is 5.92 Å². The normalized spacial score (nSPS) is 20.9. The summed E-state index contributed by atoms with van der Waals surface area (Å²) in [5.74, 6) is 2.22. The monoisotopic (exact) mass is 545 g/mol. The molecule has 8 heteroatoms. The molecule has 3 heterocycles. The van der Waals surface area contributed by atoms with Crippen LogP contribution in [0.5, 0.6) is 17.2 Å². The van der Waals surface area contributed by atoms with Gasteiger partial charge in [-0.25, -0.2) is 0 Å². The number of hydrogen-bond acceptors (Lipinski definition) is 7. The molecule has 3 aliphatic rings.